The second kappa shape index (κ2) is 5.40. The molecule has 1 aliphatic rings. The summed E-state index contributed by atoms with van der Waals surface area (Å²) in [4.78, 5) is 0. The van der Waals surface area contributed by atoms with Gasteiger partial charge < -0.3 is 5.32 Å². The predicted octanol–water partition coefficient (Wildman–Crippen LogP) is 5.57. The molecule has 4 heteroatoms. The molecule has 0 aliphatic heterocycles. The Hall–Kier alpha value is 0.460. The Balaban J connectivity index is 2.15. The Morgan fingerprint density at radius 3 is 2.25 bits per heavy atom. The molecule has 0 aromatic heterocycles. The van der Waals surface area contributed by atoms with Crippen LogP contribution in [-0.2, 0) is 0 Å². The van der Waals surface area contributed by atoms with Crippen molar-refractivity contribution >= 4 is 53.5 Å². The third-order valence-corrected chi connectivity index (χ3v) is 4.76. The molecule has 0 bridgehead atoms. The fourth-order valence-electron chi connectivity index (χ4n) is 2.22. The molecule has 0 saturated heterocycles. The molecule has 1 aromatic rings. The molecule has 16 heavy (non-hydrogen) atoms. The maximum atomic E-state index is 3.62. The minimum absolute atomic E-state index is 0.615. The molecule has 88 valence electrons. The van der Waals surface area contributed by atoms with Gasteiger partial charge in [-0.2, -0.15) is 0 Å². The molecule has 2 unspecified atom stereocenters. The molecule has 1 N–H and O–H groups in total. The molecular formula is C12H14Br3N. The molecule has 1 fully saturated rings. The van der Waals surface area contributed by atoms with Gasteiger partial charge in [0.2, 0.25) is 0 Å². The van der Waals surface area contributed by atoms with Crippen LogP contribution < -0.4 is 5.32 Å². The minimum Gasteiger partial charge on any atom is -0.380 e. The van der Waals surface area contributed by atoms with Gasteiger partial charge in [-0.25, -0.2) is 0 Å². The lowest BCUT2D eigenvalue weighted by atomic mass is 10.1. The first kappa shape index (κ1) is 12.9. The predicted molar refractivity (Wildman–Crippen MR) is 80.0 cm³/mol. The van der Waals surface area contributed by atoms with Crippen molar-refractivity contribution in [2.24, 2.45) is 5.92 Å². The van der Waals surface area contributed by atoms with Crippen LogP contribution >= 0.6 is 47.8 Å². The van der Waals surface area contributed by atoms with Crippen molar-refractivity contribution in [2.45, 2.75) is 32.2 Å². The van der Waals surface area contributed by atoms with Gasteiger partial charge >= 0.3 is 0 Å². The lowest BCUT2D eigenvalue weighted by molar-refractivity contribution is 0.602. The van der Waals surface area contributed by atoms with E-state index in [-0.39, 0.29) is 0 Å². The van der Waals surface area contributed by atoms with E-state index in [0.29, 0.717) is 6.04 Å². The maximum Gasteiger partial charge on any atom is 0.0631 e. The van der Waals surface area contributed by atoms with Crippen LogP contribution in [0.4, 0.5) is 5.69 Å². The summed E-state index contributed by atoms with van der Waals surface area (Å²) in [6.07, 6.45) is 3.88. The largest absolute Gasteiger partial charge is 0.380 e. The molecule has 2 rings (SSSR count). The van der Waals surface area contributed by atoms with Gasteiger partial charge in [0.15, 0.2) is 0 Å². The average Bonchev–Trinajstić information content (AvgIpc) is 2.58. The fourth-order valence-corrected chi connectivity index (χ4v) is 4.71. The summed E-state index contributed by atoms with van der Waals surface area (Å²) in [5, 5.41) is 3.62. The van der Waals surface area contributed by atoms with Gasteiger partial charge in [0.05, 0.1) is 5.69 Å². The van der Waals surface area contributed by atoms with Crippen molar-refractivity contribution < 1.29 is 0 Å². The maximum absolute atomic E-state index is 3.62. The standard InChI is InChI=1S/C12H14Br3N/c1-7-2-3-9(4-7)16-12-10(14)5-8(13)6-11(12)15/h5-7,9,16H,2-4H2,1H3. The summed E-state index contributed by atoms with van der Waals surface area (Å²) in [5.41, 5.74) is 1.17. The molecule has 1 nitrogen and oxygen atoms in total. The molecule has 1 saturated carbocycles. The van der Waals surface area contributed by atoms with Gasteiger partial charge in [-0.15, -0.1) is 0 Å². The molecule has 1 aromatic carbocycles. The minimum atomic E-state index is 0.615. The number of rotatable bonds is 2. The van der Waals surface area contributed by atoms with E-state index in [4.69, 9.17) is 0 Å². The Morgan fingerprint density at radius 1 is 1.12 bits per heavy atom. The Bertz CT molecular complexity index is 369. The van der Waals surface area contributed by atoms with Crippen LogP contribution in [0.5, 0.6) is 0 Å². The molecule has 1 aliphatic carbocycles. The van der Waals surface area contributed by atoms with E-state index < -0.39 is 0 Å². The molecule has 0 radical (unpaired) electrons. The second-order valence-corrected chi connectivity index (χ2v) is 7.13. The van der Waals surface area contributed by atoms with Crippen molar-refractivity contribution in [2.75, 3.05) is 5.32 Å². The molecule has 0 amide bonds. The van der Waals surface area contributed by atoms with E-state index in [1.807, 2.05) is 0 Å². The zero-order valence-electron chi connectivity index (χ0n) is 9.06. The summed E-state index contributed by atoms with van der Waals surface area (Å²) in [5.74, 6) is 0.852. The van der Waals surface area contributed by atoms with Crippen molar-refractivity contribution in [1.29, 1.82) is 0 Å². The van der Waals surface area contributed by atoms with E-state index >= 15 is 0 Å². The number of nitrogens with one attached hydrogen (secondary N) is 1. The van der Waals surface area contributed by atoms with E-state index in [1.54, 1.807) is 0 Å². The highest BCUT2D eigenvalue weighted by Crippen LogP contribution is 2.37. The highest BCUT2D eigenvalue weighted by atomic mass is 79.9. The van der Waals surface area contributed by atoms with Gasteiger partial charge in [-0.1, -0.05) is 22.9 Å². The Kier molecular flexibility index (Phi) is 4.36. The SMILES string of the molecule is CC1CCC(Nc2c(Br)cc(Br)cc2Br)C1. The van der Waals surface area contributed by atoms with Crippen LogP contribution in [0.2, 0.25) is 0 Å². The van der Waals surface area contributed by atoms with Crippen molar-refractivity contribution in [1.82, 2.24) is 0 Å². The molecule has 0 heterocycles. The van der Waals surface area contributed by atoms with E-state index in [0.717, 1.165) is 19.3 Å². The highest BCUT2D eigenvalue weighted by Gasteiger charge is 2.22. The topological polar surface area (TPSA) is 12.0 Å². The zero-order chi connectivity index (χ0) is 11.7. The molecule has 2 atom stereocenters. The number of hydrogen-bond donors (Lipinski definition) is 1. The Morgan fingerprint density at radius 2 is 1.75 bits per heavy atom. The van der Waals surface area contributed by atoms with Crippen LogP contribution in [0.15, 0.2) is 25.6 Å². The number of halogens is 3. The second-order valence-electron chi connectivity index (χ2n) is 4.50. The monoisotopic (exact) mass is 409 g/mol. The fraction of sp³-hybridized carbons (Fsp3) is 0.500. The number of hydrogen-bond acceptors (Lipinski definition) is 1. The first-order valence-electron chi connectivity index (χ1n) is 5.47. The summed E-state index contributed by atoms with van der Waals surface area (Å²) in [6.45, 7) is 2.33. The van der Waals surface area contributed by atoms with Gasteiger partial charge in [0.1, 0.15) is 0 Å². The quantitative estimate of drug-likeness (QED) is 0.670. The van der Waals surface area contributed by atoms with Gasteiger partial charge in [0.25, 0.3) is 0 Å². The number of benzene rings is 1. The van der Waals surface area contributed by atoms with Crippen LogP contribution in [-0.4, -0.2) is 6.04 Å². The first-order valence-corrected chi connectivity index (χ1v) is 7.85. The molecular weight excluding hydrogens is 398 g/mol. The summed E-state index contributed by atoms with van der Waals surface area (Å²) in [6, 6.07) is 4.76. The number of anilines is 1. The average molecular weight is 412 g/mol. The summed E-state index contributed by atoms with van der Waals surface area (Å²) in [7, 11) is 0. The van der Waals surface area contributed by atoms with Gasteiger partial charge in [0, 0.05) is 19.5 Å². The first-order chi connectivity index (χ1) is 7.56. The highest BCUT2D eigenvalue weighted by molar-refractivity contribution is 9.11. The van der Waals surface area contributed by atoms with E-state index in [9.17, 15) is 0 Å². The van der Waals surface area contributed by atoms with Crippen LogP contribution in [0, 0.1) is 5.92 Å². The van der Waals surface area contributed by atoms with Crippen LogP contribution in [0.3, 0.4) is 0 Å². The van der Waals surface area contributed by atoms with Gasteiger partial charge in [-0.05, 0) is 69.2 Å². The Labute approximate surface area is 122 Å². The van der Waals surface area contributed by atoms with Crippen LogP contribution in [0.25, 0.3) is 0 Å². The third kappa shape index (κ3) is 3.02. The van der Waals surface area contributed by atoms with Crippen molar-refractivity contribution in [3.05, 3.63) is 25.6 Å². The van der Waals surface area contributed by atoms with Crippen LogP contribution in [0.1, 0.15) is 26.2 Å². The van der Waals surface area contributed by atoms with Crippen molar-refractivity contribution in [3.63, 3.8) is 0 Å². The van der Waals surface area contributed by atoms with E-state index in [1.165, 1.54) is 24.9 Å². The third-order valence-electron chi connectivity index (χ3n) is 3.05. The molecule has 0 spiro atoms. The van der Waals surface area contributed by atoms with Crippen molar-refractivity contribution in [3.8, 4) is 0 Å². The normalized spacial score (nSPS) is 24.8. The smallest absolute Gasteiger partial charge is 0.0631 e. The summed E-state index contributed by atoms with van der Waals surface area (Å²) >= 11 is 10.7. The van der Waals surface area contributed by atoms with Gasteiger partial charge in [-0.3, -0.25) is 0 Å². The zero-order valence-corrected chi connectivity index (χ0v) is 13.8. The lowest BCUT2D eigenvalue weighted by Crippen LogP contribution is -2.16. The lowest BCUT2D eigenvalue weighted by Gasteiger charge is -2.17. The van der Waals surface area contributed by atoms with E-state index in [2.05, 4.69) is 72.2 Å². The summed E-state index contributed by atoms with van der Waals surface area (Å²) < 4.78 is 3.29.